The normalized spacial score (nSPS) is 11.2. The number of aromatic nitrogens is 1. The lowest BCUT2D eigenvalue weighted by Gasteiger charge is -2.21. The quantitative estimate of drug-likeness (QED) is 0.544. The van der Waals surface area contributed by atoms with E-state index in [-0.39, 0.29) is 12.5 Å². The first kappa shape index (κ1) is 21.3. The largest absolute Gasteiger partial charge is 0.483 e. The molecule has 0 aliphatic heterocycles. The molecule has 3 aromatic rings. The molecule has 5 nitrogen and oxygen atoms in total. The number of aryl methyl sites for hydroxylation is 3. The molecule has 2 aromatic carbocycles. The van der Waals surface area contributed by atoms with Gasteiger partial charge in [0.2, 0.25) is 0 Å². The Balaban J connectivity index is 1.82. The topological polar surface area (TPSA) is 45.7 Å². The molecule has 0 spiro atoms. The lowest BCUT2D eigenvalue weighted by Crippen LogP contribution is -2.36. The number of hydrogen-bond acceptors (Lipinski definition) is 5. The van der Waals surface area contributed by atoms with E-state index in [0.717, 1.165) is 39.6 Å². The summed E-state index contributed by atoms with van der Waals surface area (Å²) in [5.41, 5.74) is 4.35. The van der Waals surface area contributed by atoms with Crippen LogP contribution in [0, 0.1) is 20.8 Å². The number of carbonyl (C=O) groups is 1. The van der Waals surface area contributed by atoms with Crippen molar-refractivity contribution in [2.24, 2.45) is 0 Å². The first-order chi connectivity index (χ1) is 13.8. The van der Waals surface area contributed by atoms with Crippen LogP contribution < -0.4 is 9.64 Å². The summed E-state index contributed by atoms with van der Waals surface area (Å²) in [6.45, 7) is 7.67. The standard InChI is InChI=1S/C23H29N3O2S/c1-16-13-18(3)22-19(14-16)24-23(29-22)26(12-8-11-25(4)5)21(27)15-28-20-10-7-6-9-17(20)2/h6-7,9-10,13-14H,8,11-12,15H2,1-5H3. The van der Waals surface area contributed by atoms with Crippen molar-refractivity contribution in [2.75, 3.05) is 38.7 Å². The van der Waals surface area contributed by atoms with Crippen LogP contribution in [-0.4, -0.2) is 49.6 Å². The van der Waals surface area contributed by atoms with Crippen molar-refractivity contribution in [1.82, 2.24) is 9.88 Å². The van der Waals surface area contributed by atoms with E-state index in [2.05, 4.69) is 30.9 Å². The second kappa shape index (κ2) is 9.37. The molecule has 0 aliphatic carbocycles. The van der Waals surface area contributed by atoms with Gasteiger partial charge in [0.15, 0.2) is 11.7 Å². The predicted molar refractivity (Wildman–Crippen MR) is 121 cm³/mol. The molecule has 0 unspecified atom stereocenters. The van der Waals surface area contributed by atoms with Gasteiger partial charge in [0.1, 0.15) is 5.75 Å². The minimum Gasteiger partial charge on any atom is -0.483 e. The highest BCUT2D eigenvalue weighted by Crippen LogP contribution is 2.32. The summed E-state index contributed by atoms with van der Waals surface area (Å²) in [7, 11) is 4.08. The summed E-state index contributed by atoms with van der Waals surface area (Å²) < 4.78 is 6.96. The Hall–Kier alpha value is -2.44. The Bertz CT molecular complexity index is 997. The highest BCUT2D eigenvalue weighted by Gasteiger charge is 2.21. The minimum absolute atomic E-state index is 0.000747. The molecule has 6 heteroatoms. The first-order valence-electron chi connectivity index (χ1n) is 9.86. The van der Waals surface area contributed by atoms with Gasteiger partial charge in [-0.3, -0.25) is 9.69 Å². The average Bonchev–Trinajstić information content (AvgIpc) is 3.08. The third-order valence-electron chi connectivity index (χ3n) is 4.77. The van der Waals surface area contributed by atoms with Gasteiger partial charge in [0.25, 0.3) is 5.91 Å². The fraction of sp³-hybridized carbons (Fsp3) is 0.391. The van der Waals surface area contributed by atoms with Gasteiger partial charge in [-0.1, -0.05) is 35.6 Å². The average molecular weight is 412 g/mol. The highest BCUT2D eigenvalue weighted by molar-refractivity contribution is 7.22. The van der Waals surface area contributed by atoms with Crippen LogP contribution in [0.3, 0.4) is 0 Å². The van der Waals surface area contributed by atoms with E-state index in [9.17, 15) is 4.79 Å². The Kier molecular flexibility index (Phi) is 6.87. The number of ether oxygens (including phenoxy) is 1. The van der Waals surface area contributed by atoms with Crippen molar-refractivity contribution < 1.29 is 9.53 Å². The number of anilines is 1. The van der Waals surface area contributed by atoms with Gasteiger partial charge in [0, 0.05) is 6.54 Å². The molecule has 0 bridgehead atoms. The van der Waals surface area contributed by atoms with E-state index < -0.39 is 0 Å². The zero-order valence-corrected chi connectivity index (χ0v) is 18.7. The Morgan fingerprint density at radius 1 is 1.07 bits per heavy atom. The maximum atomic E-state index is 13.1. The van der Waals surface area contributed by atoms with Crippen molar-refractivity contribution in [1.29, 1.82) is 0 Å². The molecule has 1 heterocycles. The molecule has 1 aromatic heterocycles. The van der Waals surface area contributed by atoms with Gasteiger partial charge in [-0.15, -0.1) is 0 Å². The van der Waals surface area contributed by atoms with Gasteiger partial charge in [-0.2, -0.15) is 0 Å². The highest BCUT2D eigenvalue weighted by atomic mass is 32.1. The fourth-order valence-corrected chi connectivity index (χ4v) is 4.35. The number of benzene rings is 2. The maximum absolute atomic E-state index is 13.1. The van der Waals surface area contributed by atoms with Crippen LogP contribution in [0.15, 0.2) is 36.4 Å². The number of fused-ring (bicyclic) bond motifs is 1. The molecule has 0 N–H and O–H groups in total. The molecule has 0 atom stereocenters. The Morgan fingerprint density at radius 3 is 2.55 bits per heavy atom. The lowest BCUT2D eigenvalue weighted by molar-refractivity contribution is -0.120. The number of para-hydroxylation sites is 1. The molecule has 0 fully saturated rings. The van der Waals surface area contributed by atoms with Gasteiger partial charge in [0.05, 0.1) is 10.2 Å². The van der Waals surface area contributed by atoms with Crippen LogP contribution in [0.4, 0.5) is 5.13 Å². The molecule has 0 radical (unpaired) electrons. The molecule has 0 saturated carbocycles. The van der Waals surface area contributed by atoms with Crippen LogP contribution in [0.2, 0.25) is 0 Å². The molecule has 29 heavy (non-hydrogen) atoms. The summed E-state index contributed by atoms with van der Waals surface area (Å²) in [5.74, 6) is 0.672. The smallest absolute Gasteiger partial charge is 0.266 e. The molecule has 0 aliphatic rings. The molecule has 154 valence electrons. The number of carbonyl (C=O) groups excluding carboxylic acids is 1. The van der Waals surface area contributed by atoms with Crippen molar-refractivity contribution in [3.63, 3.8) is 0 Å². The van der Waals surface area contributed by atoms with Crippen molar-refractivity contribution in [2.45, 2.75) is 27.2 Å². The third kappa shape index (κ3) is 5.34. The maximum Gasteiger partial charge on any atom is 0.266 e. The minimum atomic E-state index is -0.0690. The zero-order chi connectivity index (χ0) is 21.0. The summed E-state index contributed by atoms with van der Waals surface area (Å²) in [5, 5.41) is 0.742. The molecular weight excluding hydrogens is 382 g/mol. The van der Waals surface area contributed by atoms with E-state index in [1.165, 1.54) is 11.1 Å². The Labute approximate surface area is 176 Å². The van der Waals surface area contributed by atoms with E-state index in [1.807, 2.05) is 45.3 Å². The first-order valence-corrected chi connectivity index (χ1v) is 10.7. The summed E-state index contributed by atoms with van der Waals surface area (Å²) in [4.78, 5) is 21.8. The van der Waals surface area contributed by atoms with Crippen molar-refractivity contribution in [3.8, 4) is 5.75 Å². The monoisotopic (exact) mass is 411 g/mol. The number of hydrogen-bond donors (Lipinski definition) is 0. The van der Waals surface area contributed by atoms with E-state index in [4.69, 9.17) is 9.72 Å². The SMILES string of the molecule is Cc1cc(C)c2sc(N(CCCN(C)C)C(=O)COc3ccccc3C)nc2c1. The van der Waals surface area contributed by atoms with Crippen molar-refractivity contribution >= 4 is 32.6 Å². The van der Waals surface area contributed by atoms with Crippen LogP contribution in [0.5, 0.6) is 5.75 Å². The van der Waals surface area contributed by atoms with E-state index in [0.29, 0.717) is 6.54 Å². The van der Waals surface area contributed by atoms with E-state index >= 15 is 0 Å². The molecule has 1 amide bonds. The molecule has 3 rings (SSSR count). The zero-order valence-electron chi connectivity index (χ0n) is 17.9. The van der Waals surface area contributed by atoms with Crippen molar-refractivity contribution in [3.05, 3.63) is 53.1 Å². The molecule has 0 saturated heterocycles. The number of rotatable bonds is 8. The lowest BCUT2D eigenvalue weighted by atomic mass is 10.1. The van der Waals surface area contributed by atoms with Gasteiger partial charge in [-0.25, -0.2) is 4.98 Å². The summed E-state index contributed by atoms with van der Waals surface area (Å²) in [6.07, 6.45) is 0.872. The second-order valence-electron chi connectivity index (χ2n) is 7.68. The summed E-state index contributed by atoms with van der Waals surface area (Å²) in [6, 6.07) is 12.0. The van der Waals surface area contributed by atoms with Crippen LogP contribution >= 0.6 is 11.3 Å². The number of thiazole rings is 1. The van der Waals surface area contributed by atoms with Crippen LogP contribution in [0.25, 0.3) is 10.2 Å². The number of amides is 1. The number of nitrogens with zero attached hydrogens (tertiary/aromatic N) is 3. The predicted octanol–water partition coefficient (Wildman–Crippen LogP) is 4.59. The van der Waals surface area contributed by atoms with Gasteiger partial charge in [-0.05, 0) is 76.7 Å². The molecular formula is C23H29N3O2S. The second-order valence-corrected chi connectivity index (χ2v) is 8.66. The van der Waals surface area contributed by atoms with Gasteiger partial charge >= 0.3 is 0 Å². The van der Waals surface area contributed by atoms with Crippen LogP contribution in [-0.2, 0) is 4.79 Å². The third-order valence-corrected chi connectivity index (χ3v) is 6.00. The summed E-state index contributed by atoms with van der Waals surface area (Å²) >= 11 is 1.58. The van der Waals surface area contributed by atoms with E-state index in [1.54, 1.807) is 16.2 Å². The fourth-order valence-electron chi connectivity index (χ4n) is 3.29. The van der Waals surface area contributed by atoms with Gasteiger partial charge < -0.3 is 9.64 Å². The van der Waals surface area contributed by atoms with Crippen LogP contribution in [0.1, 0.15) is 23.1 Å². The Morgan fingerprint density at radius 2 is 1.83 bits per heavy atom.